The molecule has 0 aliphatic heterocycles. The highest BCUT2D eigenvalue weighted by Gasteiger charge is 2.23. The maximum Gasteiger partial charge on any atom is 0.321 e. The van der Waals surface area contributed by atoms with Crippen LogP contribution in [0, 0.1) is 10.1 Å². The highest BCUT2D eigenvalue weighted by atomic mass is 32.2. The van der Waals surface area contributed by atoms with Gasteiger partial charge < -0.3 is 9.64 Å². The molecular formula is C20H20N4O6S2. The minimum atomic E-state index is -4.16. The number of rotatable bonds is 9. The smallest absolute Gasteiger partial charge is 0.321 e. The second kappa shape index (κ2) is 9.85. The van der Waals surface area contributed by atoms with Crippen molar-refractivity contribution < 1.29 is 22.9 Å². The predicted molar refractivity (Wildman–Crippen MR) is 120 cm³/mol. The summed E-state index contributed by atoms with van der Waals surface area (Å²) in [6.07, 6.45) is 0. The van der Waals surface area contributed by atoms with Crippen LogP contribution in [0.4, 0.5) is 11.4 Å². The molecule has 0 atom stereocenters. The van der Waals surface area contributed by atoms with Crippen LogP contribution in [0.2, 0.25) is 0 Å². The lowest BCUT2D eigenvalue weighted by atomic mass is 10.2. The Hall–Kier alpha value is -3.35. The van der Waals surface area contributed by atoms with Crippen molar-refractivity contribution in [2.24, 2.45) is 0 Å². The fourth-order valence-corrected chi connectivity index (χ4v) is 4.52. The maximum atomic E-state index is 12.5. The van der Waals surface area contributed by atoms with Crippen molar-refractivity contribution in [3.05, 3.63) is 69.7 Å². The summed E-state index contributed by atoms with van der Waals surface area (Å²) in [6, 6.07) is 13.0. The molecule has 2 aromatic carbocycles. The van der Waals surface area contributed by atoms with Crippen molar-refractivity contribution in [3.8, 4) is 10.6 Å². The lowest BCUT2D eigenvalue weighted by molar-refractivity contribution is -0.384. The van der Waals surface area contributed by atoms with Gasteiger partial charge >= 0.3 is 5.97 Å². The van der Waals surface area contributed by atoms with Crippen molar-refractivity contribution in [3.63, 3.8) is 0 Å². The number of benzene rings is 2. The number of esters is 1. The Balaban J connectivity index is 1.59. The van der Waals surface area contributed by atoms with Crippen LogP contribution in [0.3, 0.4) is 0 Å². The summed E-state index contributed by atoms with van der Waals surface area (Å²) in [7, 11) is -0.942. The molecule has 0 bridgehead atoms. The number of aromatic nitrogens is 1. The molecule has 0 radical (unpaired) electrons. The normalized spacial score (nSPS) is 11.2. The first-order valence-corrected chi connectivity index (χ1v) is 11.6. The minimum Gasteiger partial charge on any atom is -0.458 e. The fourth-order valence-electron chi connectivity index (χ4n) is 2.72. The molecule has 0 saturated carbocycles. The second-order valence-corrected chi connectivity index (χ2v) is 9.42. The number of nitro groups is 1. The van der Waals surface area contributed by atoms with Crippen LogP contribution in [0.5, 0.6) is 0 Å². The standard InChI is InChI=1S/C20H20N4O6S2/c1-23(2)17-9-8-16(10-18(17)24(26)27)32(28,29)21-11-19(25)30-12-15-13-31-20(22-15)14-6-4-3-5-7-14/h3-10,13,21H,11-12H2,1-2H3. The number of carbonyl (C=O) groups excluding carboxylic acids is 1. The van der Waals surface area contributed by atoms with E-state index in [4.69, 9.17) is 4.74 Å². The van der Waals surface area contributed by atoms with Crippen molar-refractivity contribution in [1.29, 1.82) is 0 Å². The van der Waals surface area contributed by atoms with Gasteiger partial charge in [-0.25, -0.2) is 13.4 Å². The van der Waals surface area contributed by atoms with Crippen LogP contribution in [0.15, 0.2) is 58.8 Å². The van der Waals surface area contributed by atoms with Crippen molar-refractivity contribution in [2.45, 2.75) is 11.5 Å². The Kier molecular flexibility index (Phi) is 7.18. The van der Waals surface area contributed by atoms with Gasteiger partial charge in [0, 0.05) is 31.1 Å². The Morgan fingerprint density at radius 1 is 1.22 bits per heavy atom. The highest BCUT2D eigenvalue weighted by Crippen LogP contribution is 2.29. The maximum absolute atomic E-state index is 12.5. The quantitative estimate of drug-likeness (QED) is 0.283. The van der Waals surface area contributed by atoms with E-state index >= 15 is 0 Å². The number of ether oxygens (including phenoxy) is 1. The van der Waals surface area contributed by atoms with Gasteiger partial charge in [-0.05, 0) is 12.1 Å². The lowest BCUT2D eigenvalue weighted by Crippen LogP contribution is -2.30. The molecule has 0 unspecified atom stereocenters. The number of hydrogen-bond acceptors (Lipinski definition) is 9. The molecule has 1 heterocycles. The summed E-state index contributed by atoms with van der Waals surface area (Å²) in [5.74, 6) is -0.803. The summed E-state index contributed by atoms with van der Waals surface area (Å²) in [5.41, 5.74) is 1.38. The molecule has 3 aromatic rings. The molecule has 10 nitrogen and oxygen atoms in total. The number of hydrogen-bond donors (Lipinski definition) is 1. The number of nitro benzene ring substituents is 1. The SMILES string of the molecule is CN(C)c1ccc(S(=O)(=O)NCC(=O)OCc2csc(-c3ccccc3)n2)cc1[N+](=O)[O-]. The predicted octanol–water partition coefficient (Wildman–Crippen LogP) is 2.81. The number of nitrogens with one attached hydrogen (secondary N) is 1. The van der Waals surface area contributed by atoms with Gasteiger partial charge in [-0.3, -0.25) is 14.9 Å². The van der Waals surface area contributed by atoms with Crippen molar-refractivity contribution in [2.75, 3.05) is 25.5 Å². The van der Waals surface area contributed by atoms with Gasteiger partial charge in [0.2, 0.25) is 10.0 Å². The van der Waals surface area contributed by atoms with E-state index in [0.717, 1.165) is 16.6 Å². The lowest BCUT2D eigenvalue weighted by Gasteiger charge is -2.13. The molecule has 0 aliphatic rings. The first-order chi connectivity index (χ1) is 15.2. The van der Waals surface area contributed by atoms with E-state index in [1.807, 2.05) is 30.3 Å². The number of carbonyl (C=O) groups is 1. The summed E-state index contributed by atoms with van der Waals surface area (Å²) >= 11 is 1.40. The third-order valence-electron chi connectivity index (χ3n) is 4.30. The van der Waals surface area contributed by atoms with Crippen LogP contribution >= 0.6 is 11.3 Å². The molecule has 3 rings (SSSR count). The molecule has 168 valence electrons. The number of sulfonamides is 1. The van der Waals surface area contributed by atoms with Gasteiger partial charge in [-0.2, -0.15) is 4.72 Å². The molecule has 0 amide bonds. The Morgan fingerprint density at radius 2 is 1.94 bits per heavy atom. The largest absolute Gasteiger partial charge is 0.458 e. The van der Waals surface area contributed by atoms with Gasteiger partial charge in [-0.1, -0.05) is 30.3 Å². The molecular weight excluding hydrogens is 456 g/mol. The summed E-state index contributed by atoms with van der Waals surface area (Å²) in [5, 5.41) is 13.8. The Morgan fingerprint density at radius 3 is 2.59 bits per heavy atom. The number of anilines is 1. The van der Waals surface area contributed by atoms with Gasteiger partial charge in [0.1, 0.15) is 23.8 Å². The average Bonchev–Trinajstić information content (AvgIpc) is 3.25. The summed E-state index contributed by atoms with van der Waals surface area (Å²) < 4.78 is 32.1. The van der Waals surface area contributed by atoms with Crippen molar-refractivity contribution in [1.82, 2.24) is 9.71 Å². The monoisotopic (exact) mass is 476 g/mol. The van der Waals surface area contributed by atoms with Crippen LogP contribution in [-0.2, 0) is 26.2 Å². The van der Waals surface area contributed by atoms with Crippen LogP contribution < -0.4 is 9.62 Å². The second-order valence-electron chi connectivity index (χ2n) is 6.80. The fraction of sp³-hybridized carbons (Fsp3) is 0.200. The first-order valence-electron chi connectivity index (χ1n) is 9.28. The zero-order valence-corrected chi connectivity index (χ0v) is 18.9. The van der Waals surface area contributed by atoms with Gasteiger partial charge in [-0.15, -0.1) is 11.3 Å². The Labute approximate surface area is 188 Å². The van der Waals surface area contributed by atoms with E-state index in [1.165, 1.54) is 28.4 Å². The molecule has 32 heavy (non-hydrogen) atoms. The van der Waals surface area contributed by atoms with Gasteiger partial charge in [0.25, 0.3) is 5.69 Å². The number of thiazole rings is 1. The van der Waals surface area contributed by atoms with Crippen LogP contribution in [-0.4, -0.2) is 44.9 Å². The van der Waals surface area contributed by atoms with E-state index in [2.05, 4.69) is 9.71 Å². The average molecular weight is 477 g/mol. The zero-order chi connectivity index (χ0) is 23.3. The van der Waals surface area contributed by atoms with Crippen molar-refractivity contribution >= 4 is 38.7 Å². The molecule has 0 saturated heterocycles. The van der Waals surface area contributed by atoms with Gasteiger partial charge in [0.15, 0.2) is 0 Å². The summed E-state index contributed by atoms with van der Waals surface area (Å²) in [6.45, 7) is -0.728. The molecule has 0 spiro atoms. The van der Waals surface area contributed by atoms with Crippen LogP contribution in [0.25, 0.3) is 10.6 Å². The first kappa shape index (κ1) is 23.3. The molecule has 0 fully saturated rings. The van der Waals surface area contributed by atoms with E-state index in [0.29, 0.717) is 5.69 Å². The van der Waals surface area contributed by atoms with E-state index in [9.17, 15) is 23.3 Å². The molecule has 12 heteroatoms. The topological polar surface area (TPSA) is 132 Å². The van der Waals surface area contributed by atoms with E-state index in [-0.39, 0.29) is 22.9 Å². The summed E-state index contributed by atoms with van der Waals surface area (Å²) in [4.78, 5) is 28.2. The minimum absolute atomic E-state index is 0.104. The van der Waals surface area contributed by atoms with Gasteiger partial charge in [0.05, 0.1) is 15.5 Å². The molecule has 0 aliphatic carbocycles. The van der Waals surface area contributed by atoms with Crippen LogP contribution in [0.1, 0.15) is 5.69 Å². The molecule has 1 N–H and O–H groups in total. The third-order valence-corrected chi connectivity index (χ3v) is 6.63. The van der Waals surface area contributed by atoms with E-state index in [1.54, 1.807) is 19.5 Å². The third kappa shape index (κ3) is 5.66. The molecule has 1 aromatic heterocycles. The zero-order valence-electron chi connectivity index (χ0n) is 17.2. The highest BCUT2D eigenvalue weighted by molar-refractivity contribution is 7.89. The number of nitrogens with zero attached hydrogens (tertiary/aromatic N) is 3. The van der Waals surface area contributed by atoms with E-state index < -0.39 is 27.5 Å². The Bertz CT molecular complexity index is 1230.